The fourth-order valence-corrected chi connectivity index (χ4v) is 11.1. The lowest BCUT2D eigenvalue weighted by atomic mass is 9.48. The van der Waals surface area contributed by atoms with Crippen LogP contribution in [-0.2, 0) is 14.3 Å². The molecule has 0 amide bonds. The number of rotatable bonds is 20. The molecule has 4 heteroatoms. The van der Waals surface area contributed by atoms with Crippen LogP contribution in [-0.4, -0.2) is 35.0 Å². The van der Waals surface area contributed by atoms with Gasteiger partial charge in [0.1, 0.15) is 11.7 Å². The van der Waals surface area contributed by atoms with E-state index < -0.39 is 0 Å². The summed E-state index contributed by atoms with van der Waals surface area (Å²) in [7, 11) is 0. The lowest BCUT2D eigenvalue weighted by Gasteiger charge is -2.56. The Morgan fingerprint density at radius 1 is 0.880 bits per heavy atom. The van der Waals surface area contributed by atoms with Gasteiger partial charge in [0.15, 0.2) is 6.10 Å². The summed E-state index contributed by atoms with van der Waals surface area (Å²) in [5.74, 6) is 2.71. The Morgan fingerprint density at radius 2 is 1.54 bits per heavy atom. The van der Waals surface area contributed by atoms with E-state index in [1.54, 1.807) is 5.57 Å². The van der Waals surface area contributed by atoms with Crippen LogP contribution in [0.1, 0.15) is 183 Å². The predicted molar refractivity (Wildman–Crippen MR) is 208 cm³/mol. The Kier molecular flexibility index (Phi) is 14.0. The summed E-state index contributed by atoms with van der Waals surface area (Å²) in [6.07, 6.45) is 33.0. The maximum atomic E-state index is 13.6. The Bertz CT molecular complexity index is 1200. The topological polar surface area (TPSA) is 59.1 Å². The van der Waals surface area contributed by atoms with Crippen LogP contribution < -0.4 is 0 Å². The predicted octanol–water partition coefficient (Wildman–Crippen LogP) is 12.2. The molecule has 0 aromatic heterocycles. The molecule has 5 rings (SSSR count). The highest BCUT2D eigenvalue weighted by Gasteiger charge is 2.78. The molecule has 0 unspecified atom stereocenters. The summed E-state index contributed by atoms with van der Waals surface area (Å²) in [5, 5.41) is 10.8. The molecule has 284 valence electrons. The molecule has 4 nitrogen and oxygen atoms in total. The lowest BCUT2D eigenvalue weighted by Crippen LogP contribution is -2.58. The van der Waals surface area contributed by atoms with Gasteiger partial charge in [0.25, 0.3) is 0 Å². The van der Waals surface area contributed by atoms with Crippen molar-refractivity contribution < 1.29 is 19.4 Å². The van der Waals surface area contributed by atoms with Gasteiger partial charge in [-0.25, -0.2) is 0 Å². The maximum absolute atomic E-state index is 13.6. The zero-order valence-electron chi connectivity index (χ0n) is 33.4. The van der Waals surface area contributed by atoms with Crippen molar-refractivity contribution in [3.63, 3.8) is 0 Å². The number of fused-ring (bicyclic) bond motifs is 3. The molecule has 10 atom stereocenters. The summed E-state index contributed by atoms with van der Waals surface area (Å²) in [4.78, 5) is 13.6. The first-order chi connectivity index (χ1) is 24.0. The highest BCUT2D eigenvalue weighted by atomic mass is 16.6. The van der Waals surface area contributed by atoms with E-state index in [-0.39, 0.29) is 40.7 Å². The number of carbonyl (C=O) groups excluding carboxylic acids is 1. The number of aliphatic hydroxyl groups is 1. The molecule has 1 aliphatic heterocycles. The van der Waals surface area contributed by atoms with Crippen molar-refractivity contribution >= 4 is 5.97 Å². The molecular formula is C46H76O4. The quantitative estimate of drug-likeness (QED) is 0.0597. The average molecular weight is 693 g/mol. The van der Waals surface area contributed by atoms with Crippen molar-refractivity contribution in [2.75, 3.05) is 0 Å². The van der Waals surface area contributed by atoms with Gasteiger partial charge in [-0.05, 0) is 111 Å². The van der Waals surface area contributed by atoms with Crippen molar-refractivity contribution in [3.05, 3.63) is 35.5 Å². The number of hydrogen-bond acceptors (Lipinski definition) is 4. The molecule has 1 saturated heterocycles. The molecule has 4 fully saturated rings. The number of unbranched alkanes of at least 4 members (excludes halogenated alkanes) is 11. The third-order valence-electron chi connectivity index (χ3n) is 14.8. The van der Waals surface area contributed by atoms with E-state index in [2.05, 4.69) is 72.8 Å². The number of ether oxygens (including phenoxy) is 2. The smallest absolute Gasteiger partial charge is 0.306 e. The van der Waals surface area contributed by atoms with Crippen molar-refractivity contribution in [1.29, 1.82) is 0 Å². The summed E-state index contributed by atoms with van der Waals surface area (Å²) in [6.45, 7) is 16.7. The van der Waals surface area contributed by atoms with Crippen LogP contribution in [0, 0.1) is 40.4 Å². The number of hydrogen-bond donors (Lipinski definition) is 1. The molecule has 0 radical (unpaired) electrons. The molecule has 0 bridgehead atoms. The van der Waals surface area contributed by atoms with Gasteiger partial charge in [-0.15, -0.1) is 0 Å². The zero-order chi connectivity index (χ0) is 35.9. The van der Waals surface area contributed by atoms with Gasteiger partial charge < -0.3 is 14.6 Å². The van der Waals surface area contributed by atoms with E-state index in [0.717, 1.165) is 38.5 Å². The molecule has 1 N–H and O–H groups in total. The minimum absolute atomic E-state index is 0.00318. The van der Waals surface area contributed by atoms with Gasteiger partial charge in [0, 0.05) is 18.3 Å². The second kappa shape index (κ2) is 17.6. The molecular weight excluding hydrogens is 617 g/mol. The number of epoxide rings is 1. The molecule has 50 heavy (non-hydrogen) atoms. The average Bonchev–Trinajstić information content (AvgIpc) is 3.70. The third-order valence-corrected chi connectivity index (χ3v) is 14.8. The molecule has 3 saturated carbocycles. The van der Waals surface area contributed by atoms with E-state index in [4.69, 9.17) is 9.47 Å². The van der Waals surface area contributed by atoms with Crippen LogP contribution >= 0.6 is 0 Å². The normalized spacial score (nSPS) is 36.0. The van der Waals surface area contributed by atoms with Gasteiger partial charge in [-0.1, -0.05) is 130 Å². The van der Waals surface area contributed by atoms with Crippen LogP contribution in [0.2, 0.25) is 0 Å². The SMILES string of the molecule is CCCCCCCCC=CCCCCCCCC(=O)O[C@H]1C2=C3CC[C@H]([C@H](C)/C=C/[C@H](C)C(C)C)[C@@]3(C)CC[C@@H]2[C@@]2(C)CC[C@H](O)C[C@@]23O[C@@H]13. The van der Waals surface area contributed by atoms with Crippen LogP contribution in [0.3, 0.4) is 0 Å². The van der Waals surface area contributed by atoms with Gasteiger partial charge in [-0.3, -0.25) is 4.79 Å². The minimum atomic E-state index is -0.345. The summed E-state index contributed by atoms with van der Waals surface area (Å²) in [6, 6.07) is 0. The van der Waals surface area contributed by atoms with Gasteiger partial charge >= 0.3 is 5.97 Å². The van der Waals surface area contributed by atoms with Crippen molar-refractivity contribution in [2.24, 2.45) is 40.4 Å². The van der Waals surface area contributed by atoms with Crippen molar-refractivity contribution in [1.82, 2.24) is 0 Å². The largest absolute Gasteiger partial charge is 0.455 e. The first-order valence-corrected chi connectivity index (χ1v) is 21.6. The van der Waals surface area contributed by atoms with E-state index >= 15 is 0 Å². The lowest BCUT2D eigenvalue weighted by molar-refractivity contribution is -0.150. The van der Waals surface area contributed by atoms with Gasteiger partial charge in [0.05, 0.1) is 6.10 Å². The Labute approximate surface area is 307 Å². The summed E-state index contributed by atoms with van der Waals surface area (Å²) < 4.78 is 13.3. The Hall–Kier alpha value is -1.39. The maximum Gasteiger partial charge on any atom is 0.306 e. The van der Waals surface area contributed by atoms with E-state index in [9.17, 15) is 9.90 Å². The number of allylic oxidation sites excluding steroid dienone is 5. The summed E-state index contributed by atoms with van der Waals surface area (Å²) >= 11 is 0. The number of carbonyl (C=O) groups is 1. The fourth-order valence-electron chi connectivity index (χ4n) is 11.1. The second-order valence-electron chi connectivity index (χ2n) is 18.4. The van der Waals surface area contributed by atoms with Gasteiger partial charge in [-0.2, -0.15) is 0 Å². The number of aliphatic hydroxyl groups excluding tert-OH is 1. The molecule has 1 spiro atoms. The first-order valence-electron chi connectivity index (χ1n) is 21.6. The second-order valence-corrected chi connectivity index (χ2v) is 18.4. The van der Waals surface area contributed by atoms with Crippen LogP contribution in [0.5, 0.6) is 0 Å². The van der Waals surface area contributed by atoms with Crippen LogP contribution in [0.15, 0.2) is 35.5 Å². The van der Waals surface area contributed by atoms with Crippen LogP contribution in [0.25, 0.3) is 0 Å². The standard InChI is InChI=1S/C46H76O4/c1-8-9-10-11-12-13-14-15-16-17-18-19-20-21-22-23-40(48)49-42-41-38-27-26-37(35(5)25-24-34(4)33(2)3)44(38,6)30-29-39(41)45(7)31-28-36(47)32-46(45)43(42)50-46/h15-16,24-25,33-37,39,42-43,47H,8-14,17-23,26-32H2,1-7H3/b16-15?,25-24+/t34-,35+,36-,37+,39-,42-,43-,44+,45+,46-/m0/s1. The van der Waals surface area contributed by atoms with Crippen molar-refractivity contribution in [2.45, 2.75) is 207 Å². The monoisotopic (exact) mass is 693 g/mol. The molecule has 0 aromatic rings. The summed E-state index contributed by atoms with van der Waals surface area (Å²) in [5.41, 5.74) is 2.85. The van der Waals surface area contributed by atoms with E-state index in [1.807, 2.05) is 0 Å². The Morgan fingerprint density at radius 3 is 2.22 bits per heavy atom. The molecule has 5 aliphatic rings. The third kappa shape index (κ3) is 8.53. The highest BCUT2D eigenvalue weighted by molar-refractivity contribution is 5.70. The minimum Gasteiger partial charge on any atom is -0.455 e. The molecule has 0 aromatic carbocycles. The van der Waals surface area contributed by atoms with Crippen LogP contribution in [0.4, 0.5) is 0 Å². The number of esters is 1. The molecule has 1 heterocycles. The zero-order valence-corrected chi connectivity index (χ0v) is 33.4. The fraction of sp³-hybridized carbons (Fsp3) is 0.848. The first kappa shape index (κ1) is 39.8. The van der Waals surface area contributed by atoms with E-state index in [1.165, 1.54) is 89.0 Å². The Balaban J connectivity index is 1.17. The molecule has 4 aliphatic carbocycles. The van der Waals surface area contributed by atoms with Crippen molar-refractivity contribution in [3.8, 4) is 0 Å². The van der Waals surface area contributed by atoms with E-state index in [0.29, 0.717) is 42.4 Å². The van der Waals surface area contributed by atoms with Gasteiger partial charge in [0.2, 0.25) is 0 Å². The highest BCUT2D eigenvalue weighted by Crippen LogP contribution is 2.73.